The van der Waals surface area contributed by atoms with Crippen molar-refractivity contribution in [1.82, 2.24) is 9.97 Å². The van der Waals surface area contributed by atoms with Gasteiger partial charge in [0, 0.05) is 11.8 Å². The number of nitrogens with zero attached hydrogens (tertiary/aromatic N) is 2. The third-order valence-electron chi connectivity index (χ3n) is 1.85. The molecule has 2 aromatic heterocycles. The van der Waals surface area contributed by atoms with Gasteiger partial charge in [-0.1, -0.05) is 24.2 Å². The highest BCUT2D eigenvalue weighted by atomic mass is 32.1. The maximum atomic E-state index is 12.9. The molecule has 6 heteroatoms. The van der Waals surface area contributed by atoms with Crippen molar-refractivity contribution in [3.63, 3.8) is 0 Å². The number of thiazole rings is 1. The SMILES string of the molecule is Cc1nc(-c2cncc(F)c2)sc1NS. The Bertz CT molecular complexity index is 484. The number of anilines is 1. The van der Waals surface area contributed by atoms with Gasteiger partial charge in [-0.25, -0.2) is 9.37 Å². The Balaban J connectivity index is 2.45. The zero-order valence-corrected chi connectivity index (χ0v) is 9.57. The Morgan fingerprint density at radius 2 is 2.27 bits per heavy atom. The van der Waals surface area contributed by atoms with Crippen molar-refractivity contribution in [2.45, 2.75) is 6.92 Å². The summed E-state index contributed by atoms with van der Waals surface area (Å²) >= 11 is 5.37. The van der Waals surface area contributed by atoms with Crippen LogP contribution in [-0.4, -0.2) is 9.97 Å². The van der Waals surface area contributed by atoms with Crippen LogP contribution in [0.4, 0.5) is 9.39 Å². The fourth-order valence-corrected chi connectivity index (χ4v) is 2.30. The molecule has 0 saturated carbocycles. The molecule has 0 fully saturated rings. The normalized spacial score (nSPS) is 10.3. The summed E-state index contributed by atoms with van der Waals surface area (Å²) < 4.78 is 15.7. The molecule has 0 atom stereocenters. The van der Waals surface area contributed by atoms with Gasteiger partial charge in [0.05, 0.1) is 11.9 Å². The molecule has 15 heavy (non-hydrogen) atoms. The number of nitrogens with one attached hydrogen (secondary N) is 1. The third kappa shape index (κ3) is 2.10. The maximum Gasteiger partial charge on any atom is 0.142 e. The summed E-state index contributed by atoms with van der Waals surface area (Å²) in [6.07, 6.45) is 2.76. The van der Waals surface area contributed by atoms with Crippen molar-refractivity contribution in [3.8, 4) is 10.6 Å². The van der Waals surface area contributed by atoms with E-state index in [1.165, 1.54) is 23.6 Å². The van der Waals surface area contributed by atoms with Crippen LogP contribution in [0.3, 0.4) is 0 Å². The van der Waals surface area contributed by atoms with E-state index < -0.39 is 0 Å². The van der Waals surface area contributed by atoms with Crippen LogP contribution >= 0.6 is 24.2 Å². The van der Waals surface area contributed by atoms with Crippen LogP contribution in [-0.2, 0) is 0 Å². The Kier molecular flexibility index (Phi) is 2.88. The Labute approximate surface area is 95.9 Å². The summed E-state index contributed by atoms with van der Waals surface area (Å²) in [6, 6.07) is 1.41. The van der Waals surface area contributed by atoms with Gasteiger partial charge in [-0.15, -0.1) is 0 Å². The van der Waals surface area contributed by atoms with Crippen LogP contribution in [0.1, 0.15) is 5.69 Å². The number of pyridine rings is 1. The molecule has 0 unspecified atom stereocenters. The number of aryl methyl sites for hydroxylation is 1. The molecule has 0 amide bonds. The molecule has 78 valence electrons. The molecular formula is C9H8FN3S2. The van der Waals surface area contributed by atoms with Crippen molar-refractivity contribution in [2.75, 3.05) is 4.72 Å². The first kappa shape index (κ1) is 10.4. The third-order valence-corrected chi connectivity index (χ3v) is 3.35. The number of rotatable bonds is 2. The van der Waals surface area contributed by atoms with Gasteiger partial charge >= 0.3 is 0 Å². The first-order valence-electron chi connectivity index (χ1n) is 4.19. The first-order valence-corrected chi connectivity index (χ1v) is 5.45. The second-order valence-corrected chi connectivity index (χ2v) is 4.16. The van der Waals surface area contributed by atoms with Gasteiger partial charge in [-0.2, -0.15) is 0 Å². The fourth-order valence-electron chi connectivity index (χ4n) is 1.15. The first-order chi connectivity index (χ1) is 7.20. The van der Waals surface area contributed by atoms with Gasteiger partial charge in [0.15, 0.2) is 0 Å². The highest BCUT2D eigenvalue weighted by Crippen LogP contribution is 2.31. The quantitative estimate of drug-likeness (QED) is 0.794. The predicted octanol–water partition coefficient (Wildman–Crippen LogP) is 2.91. The second kappa shape index (κ2) is 4.16. The van der Waals surface area contributed by atoms with Gasteiger partial charge in [-0.3, -0.25) is 4.98 Å². The summed E-state index contributed by atoms with van der Waals surface area (Å²) in [7, 11) is 0. The van der Waals surface area contributed by atoms with Gasteiger partial charge in [0.25, 0.3) is 0 Å². The van der Waals surface area contributed by atoms with E-state index in [4.69, 9.17) is 0 Å². The molecule has 0 aliphatic carbocycles. The maximum absolute atomic E-state index is 12.9. The Morgan fingerprint density at radius 1 is 1.47 bits per heavy atom. The average molecular weight is 241 g/mol. The minimum atomic E-state index is -0.360. The van der Waals surface area contributed by atoms with E-state index in [0.29, 0.717) is 5.56 Å². The summed E-state index contributed by atoms with van der Waals surface area (Å²) in [4.78, 5) is 8.07. The van der Waals surface area contributed by atoms with Gasteiger partial charge in [0.1, 0.15) is 15.8 Å². The number of hydrogen-bond donors (Lipinski definition) is 2. The van der Waals surface area contributed by atoms with Crippen LogP contribution in [0.5, 0.6) is 0 Å². The molecule has 0 aromatic carbocycles. The molecule has 0 bridgehead atoms. The number of halogens is 1. The summed E-state index contributed by atoms with van der Waals surface area (Å²) in [6.45, 7) is 1.87. The van der Waals surface area contributed by atoms with E-state index in [0.717, 1.165) is 15.7 Å². The van der Waals surface area contributed by atoms with Crippen LogP contribution < -0.4 is 4.72 Å². The van der Waals surface area contributed by atoms with Crippen molar-refractivity contribution >= 4 is 29.2 Å². The molecule has 2 aromatic rings. The van der Waals surface area contributed by atoms with Crippen molar-refractivity contribution in [1.29, 1.82) is 0 Å². The molecule has 0 radical (unpaired) electrons. The fraction of sp³-hybridized carbons (Fsp3) is 0.111. The highest BCUT2D eigenvalue weighted by molar-refractivity contribution is 7.82. The zero-order chi connectivity index (χ0) is 10.8. The standard InChI is InChI=1S/C9H8FN3S2/c1-5-8(13-14)15-9(12-5)6-2-7(10)4-11-3-6/h2-4,13-14H,1H3. The topological polar surface area (TPSA) is 37.8 Å². The van der Waals surface area contributed by atoms with Crippen molar-refractivity contribution in [3.05, 3.63) is 30.0 Å². The van der Waals surface area contributed by atoms with Crippen LogP contribution in [0.25, 0.3) is 10.6 Å². The second-order valence-electron chi connectivity index (χ2n) is 2.94. The lowest BCUT2D eigenvalue weighted by Gasteiger charge is -1.94. The van der Waals surface area contributed by atoms with Crippen LogP contribution in [0, 0.1) is 12.7 Å². The number of thiol groups is 1. The monoisotopic (exact) mass is 241 g/mol. The molecule has 2 heterocycles. The van der Waals surface area contributed by atoms with Gasteiger partial charge in [-0.05, 0) is 13.0 Å². The number of hydrogen-bond acceptors (Lipinski definition) is 5. The molecule has 0 aliphatic heterocycles. The summed E-state index contributed by atoms with van der Waals surface area (Å²) in [5.41, 5.74) is 1.52. The summed E-state index contributed by atoms with van der Waals surface area (Å²) in [5.74, 6) is -0.360. The van der Waals surface area contributed by atoms with E-state index >= 15 is 0 Å². The van der Waals surface area contributed by atoms with E-state index in [1.807, 2.05) is 6.92 Å². The lowest BCUT2D eigenvalue weighted by atomic mass is 10.3. The van der Waals surface area contributed by atoms with E-state index in [1.54, 1.807) is 6.20 Å². The average Bonchev–Trinajstić information content (AvgIpc) is 2.60. The molecule has 0 spiro atoms. The van der Waals surface area contributed by atoms with Crippen LogP contribution in [0.2, 0.25) is 0 Å². The van der Waals surface area contributed by atoms with Crippen molar-refractivity contribution < 1.29 is 4.39 Å². The van der Waals surface area contributed by atoms with Crippen LogP contribution in [0.15, 0.2) is 18.5 Å². The minimum Gasteiger partial charge on any atom is -0.322 e. The Morgan fingerprint density at radius 3 is 2.87 bits per heavy atom. The molecule has 2 rings (SSSR count). The molecule has 0 saturated heterocycles. The molecule has 0 aliphatic rings. The van der Waals surface area contributed by atoms with E-state index in [9.17, 15) is 4.39 Å². The highest BCUT2D eigenvalue weighted by Gasteiger charge is 2.09. The lowest BCUT2D eigenvalue weighted by molar-refractivity contribution is 0.622. The zero-order valence-electron chi connectivity index (χ0n) is 7.86. The summed E-state index contributed by atoms with van der Waals surface area (Å²) in [5, 5.41) is 1.59. The van der Waals surface area contributed by atoms with Gasteiger partial charge in [0.2, 0.25) is 0 Å². The lowest BCUT2D eigenvalue weighted by Crippen LogP contribution is -1.82. The number of aromatic nitrogens is 2. The smallest absolute Gasteiger partial charge is 0.142 e. The predicted molar refractivity (Wildman–Crippen MR) is 62.6 cm³/mol. The van der Waals surface area contributed by atoms with Gasteiger partial charge < -0.3 is 4.72 Å². The molecular weight excluding hydrogens is 233 g/mol. The molecule has 3 nitrogen and oxygen atoms in total. The van der Waals surface area contributed by atoms with Crippen molar-refractivity contribution in [2.24, 2.45) is 0 Å². The van der Waals surface area contributed by atoms with E-state index in [-0.39, 0.29) is 5.82 Å². The minimum absolute atomic E-state index is 0.360. The largest absolute Gasteiger partial charge is 0.322 e. The Hall–Kier alpha value is -1.14. The molecule has 1 N–H and O–H groups in total. The van der Waals surface area contributed by atoms with E-state index in [2.05, 4.69) is 27.5 Å².